The van der Waals surface area contributed by atoms with Gasteiger partial charge < -0.3 is 14.6 Å². The van der Waals surface area contributed by atoms with Crippen LogP contribution in [0.15, 0.2) is 42.5 Å². The number of aliphatic hydroxyl groups is 1. The van der Waals surface area contributed by atoms with Crippen LogP contribution < -0.4 is 9.47 Å². The van der Waals surface area contributed by atoms with Crippen molar-refractivity contribution in [1.29, 1.82) is 0 Å². The molecule has 0 radical (unpaired) electrons. The Morgan fingerprint density at radius 2 is 1.95 bits per heavy atom. The van der Waals surface area contributed by atoms with Gasteiger partial charge in [0, 0.05) is 18.4 Å². The molecule has 0 aromatic heterocycles. The molecule has 3 heteroatoms. The largest absolute Gasteiger partial charge is 0.493 e. The summed E-state index contributed by atoms with van der Waals surface area (Å²) < 4.78 is 11.6. The minimum Gasteiger partial charge on any atom is -0.493 e. The highest BCUT2D eigenvalue weighted by molar-refractivity contribution is 5.43. The molecule has 2 aliphatic heterocycles. The Balaban J connectivity index is 1.68. The van der Waals surface area contributed by atoms with Crippen molar-refractivity contribution >= 4 is 0 Å². The van der Waals surface area contributed by atoms with Crippen LogP contribution in [-0.4, -0.2) is 11.7 Å². The van der Waals surface area contributed by atoms with E-state index in [1.807, 2.05) is 36.4 Å². The van der Waals surface area contributed by atoms with Crippen molar-refractivity contribution in [2.24, 2.45) is 0 Å². The summed E-state index contributed by atoms with van der Waals surface area (Å²) in [6.45, 7) is 0.760. The molecule has 2 aliphatic rings. The number of hydrogen-bond acceptors (Lipinski definition) is 3. The van der Waals surface area contributed by atoms with Crippen molar-refractivity contribution in [3.05, 3.63) is 59.2 Å². The van der Waals surface area contributed by atoms with Gasteiger partial charge in [-0.1, -0.05) is 24.3 Å². The second-order valence-electron chi connectivity index (χ2n) is 5.36. The molecule has 0 saturated heterocycles. The van der Waals surface area contributed by atoms with Gasteiger partial charge in [-0.25, -0.2) is 0 Å². The van der Waals surface area contributed by atoms with Crippen LogP contribution >= 0.6 is 0 Å². The summed E-state index contributed by atoms with van der Waals surface area (Å²) >= 11 is 0. The van der Waals surface area contributed by atoms with Gasteiger partial charge >= 0.3 is 0 Å². The zero-order valence-corrected chi connectivity index (χ0v) is 11.1. The van der Waals surface area contributed by atoms with Crippen LogP contribution in [0.5, 0.6) is 11.5 Å². The molecule has 2 aromatic carbocycles. The van der Waals surface area contributed by atoms with Gasteiger partial charge in [0.05, 0.1) is 12.7 Å². The van der Waals surface area contributed by atoms with E-state index in [4.69, 9.17) is 9.47 Å². The molecule has 2 aromatic rings. The maximum absolute atomic E-state index is 10.3. The summed E-state index contributed by atoms with van der Waals surface area (Å²) in [5.41, 5.74) is 3.23. The number of hydrogen-bond donors (Lipinski definition) is 1. The number of rotatable bonds is 1. The van der Waals surface area contributed by atoms with Crippen LogP contribution in [0, 0.1) is 0 Å². The molecule has 0 aliphatic carbocycles. The third-order valence-electron chi connectivity index (χ3n) is 4.07. The van der Waals surface area contributed by atoms with E-state index in [1.54, 1.807) is 0 Å². The van der Waals surface area contributed by atoms with Crippen LogP contribution in [0.4, 0.5) is 0 Å². The summed E-state index contributed by atoms with van der Waals surface area (Å²) in [5.74, 6) is 1.76. The highest BCUT2D eigenvalue weighted by Crippen LogP contribution is 2.41. The Bertz CT molecular complexity index is 650. The first-order chi connectivity index (χ1) is 9.81. The first kappa shape index (κ1) is 11.8. The van der Waals surface area contributed by atoms with Crippen LogP contribution in [0.3, 0.4) is 0 Å². The first-order valence-corrected chi connectivity index (χ1v) is 7.00. The molecule has 20 heavy (non-hydrogen) atoms. The molecule has 2 atom stereocenters. The lowest BCUT2D eigenvalue weighted by molar-refractivity contribution is 0.0657. The number of aliphatic hydroxyl groups excluding tert-OH is 1. The van der Waals surface area contributed by atoms with E-state index in [9.17, 15) is 5.11 Å². The zero-order valence-electron chi connectivity index (χ0n) is 11.1. The predicted octanol–water partition coefficient (Wildman–Crippen LogP) is 3.18. The Morgan fingerprint density at radius 3 is 2.90 bits per heavy atom. The fourth-order valence-electron chi connectivity index (χ4n) is 3.01. The average Bonchev–Trinajstić information content (AvgIpc) is 2.94. The molecular formula is C17H16O3. The molecule has 1 N–H and O–H groups in total. The molecule has 2 heterocycles. The molecule has 1 unspecified atom stereocenters. The molecule has 102 valence electrons. The average molecular weight is 268 g/mol. The number of para-hydroxylation sites is 1. The predicted molar refractivity (Wildman–Crippen MR) is 75.0 cm³/mol. The van der Waals surface area contributed by atoms with Gasteiger partial charge in [-0.05, 0) is 29.3 Å². The Labute approximate surface area is 117 Å². The summed E-state index contributed by atoms with van der Waals surface area (Å²) in [6.07, 6.45) is 0.992. The summed E-state index contributed by atoms with van der Waals surface area (Å²) in [5, 5.41) is 10.3. The van der Waals surface area contributed by atoms with Crippen LogP contribution in [0.1, 0.15) is 35.3 Å². The number of benzene rings is 2. The highest BCUT2D eigenvalue weighted by Gasteiger charge is 2.28. The molecule has 0 spiro atoms. The normalized spacial score (nSPS) is 23.4. The Morgan fingerprint density at radius 1 is 1.05 bits per heavy atom. The van der Waals surface area contributed by atoms with Gasteiger partial charge in [-0.15, -0.1) is 0 Å². The van der Waals surface area contributed by atoms with Gasteiger partial charge in [0.1, 0.15) is 17.6 Å². The highest BCUT2D eigenvalue weighted by atomic mass is 16.5. The lowest BCUT2D eigenvalue weighted by atomic mass is 9.94. The minimum absolute atomic E-state index is 0.0919. The van der Waals surface area contributed by atoms with Gasteiger partial charge in [0.15, 0.2) is 0 Å². The van der Waals surface area contributed by atoms with Crippen LogP contribution in [0.25, 0.3) is 0 Å². The second kappa shape index (κ2) is 4.53. The van der Waals surface area contributed by atoms with E-state index >= 15 is 0 Å². The summed E-state index contributed by atoms with van der Waals surface area (Å²) in [6, 6.07) is 13.9. The maximum atomic E-state index is 10.3. The molecule has 0 amide bonds. The first-order valence-electron chi connectivity index (χ1n) is 7.00. The van der Waals surface area contributed by atoms with Crippen molar-refractivity contribution in [2.75, 3.05) is 6.61 Å². The second-order valence-corrected chi connectivity index (χ2v) is 5.36. The third kappa shape index (κ3) is 1.86. The van der Waals surface area contributed by atoms with E-state index in [1.165, 1.54) is 5.56 Å². The molecule has 4 rings (SSSR count). The Kier molecular flexibility index (Phi) is 2.67. The quantitative estimate of drug-likeness (QED) is 0.863. The summed E-state index contributed by atoms with van der Waals surface area (Å²) in [7, 11) is 0. The van der Waals surface area contributed by atoms with Gasteiger partial charge in [0.2, 0.25) is 0 Å². The lowest BCUT2D eigenvalue weighted by Crippen LogP contribution is -2.19. The molecule has 3 nitrogen and oxygen atoms in total. The van der Waals surface area contributed by atoms with Crippen molar-refractivity contribution in [3.8, 4) is 11.5 Å². The van der Waals surface area contributed by atoms with Gasteiger partial charge in [-0.2, -0.15) is 0 Å². The van der Waals surface area contributed by atoms with Gasteiger partial charge in [-0.3, -0.25) is 0 Å². The SMILES string of the molecule is O[C@@H]1CC(c2ccc3c(c2)CCO3)Oc2ccccc21. The van der Waals surface area contributed by atoms with Crippen molar-refractivity contribution in [2.45, 2.75) is 25.0 Å². The third-order valence-corrected chi connectivity index (χ3v) is 4.07. The van der Waals surface area contributed by atoms with Crippen molar-refractivity contribution in [3.63, 3.8) is 0 Å². The maximum Gasteiger partial charge on any atom is 0.127 e. The molecule has 0 bridgehead atoms. The van der Waals surface area contributed by atoms with Crippen molar-refractivity contribution < 1.29 is 14.6 Å². The standard InChI is InChI=1S/C17H16O3/c18-14-10-17(20-16-4-2-1-3-13(14)16)11-5-6-15-12(9-11)7-8-19-15/h1-6,9,14,17-18H,7-8,10H2/t14-,17?/m1/s1. The van der Waals surface area contributed by atoms with Gasteiger partial charge in [0.25, 0.3) is 0 Å². The molecular weight excluding hydrogens is 252 g/mol. The van der Waals surface area contributed by atoms with Crippen LogP contribution in [-0.2, 0) is 6.42 Å². The molecule has 0 fully saturated rings. The lowest BCUT2D eigenvalue weighted by Gasteiger charge is -2.30. The minimum atomic E-state index is -0.463. The number of ether oxygens (including phenoxy) is 2. The van der Waals surface area contributed by atoms with E-state index in [0.29, 0.717) is 6.42 Å². The number of fused-ring (bicyclic) bond motifs is 2. The fraction of sp³-hybridized carbons (Fsp3) is 0.294. The van der Waals surface area contributed by atoms with E-state index in [0.717, 1.165) is 35.7 Å². The van der Waals surface area contributed by atoms with E-state index in [2.05, 4.69) is 6.07 Å². The van der Waals surface area contributed by atoms with E-state index < -0.39 is 6.10 Å². The smallest absolute Gasteiger partial charge is 0.127 e. The van der Waals surface area contributed by atoms with E-state index in [-0.39, 0.29) is 6.10 Å². The fourth-order valence-corrected chi connectivity index (χ4v) is 3.01. The zero-order chi connectivity index (χ0) is 13.5. The topological polar surface area (TPSA) is 38.7 Å². The molecule has 0 saturated carbocycles. The summed E-state index contributed by atoms with van der Waals surface area (Å²) in [4.78, 5) is 0. The monoisotopic (exact) mass is 268 g/mol. The van der Waals surface area contributed by atoms with Crippen LogP contribution in [0.2, 0.25) is 0 Å². The Hall–Kier alpha value is -2.00. The van der Waals surface area contributed by atoms with Crippen molar-refractivity contribution in [1.82, 2.24) is 0 Å².